The molecule has 15 heavy (non-hydrogen) atoms. The van der Waals surface area contributed by atoms with Crippen LogP contribution in [-0.4, -0.2) is 4.98 Å². The lowest BCUT2D eigenvalue weighted by Gasteiger charge is -1.95. The molecule has 76 valence electrons. The molecule has 2 aromatic rings. The maximum absolute atomic E-state index is 4.30. The molecule has 1 aromatic heterocycles. The molecule has 0 aliphatic carbocycles. The molecule has 0 atom stereocenters. The third-order valence-corrected chi connectivity index (χ3v) is 1.86. The van der Waals surface area contributed by atoms with Crippen LogP contribution in [0, 0.1) is 11.8 Å². The highest BCUT2D eigenvalue weighted by molar-refractivity contribution is 5.79. The Bertz CT molecular complexity index is 489. The molecule has 0 unspecified atom stereocenters. The average molecular weight is 197 g/mol. The molecule has 0 saturated heterocycles. The van der Waals surface area contributed by atoms with Gasteiger partial charge in [0.1, 0.15) is 0 Å². The second-order valence-corrected chi connectivity index (χ2v) is 2.79. The fourth-order valence-electron chi connectivity index (χ4n) is 1.28. The van der Waals surface area contributed by atoms with Gasteiger partial charge >= 0.3 is 0 Å². The van der Waals surface area contributed by atoms with Crippen LogP contribution in [0.3, 0.4) is 0 Å². The Balaban J connectivity index is 0.000000531. The first kappa shape index (κ1) is 11.3. The summed E-state index contributed by atoms with van der Waals surface area (Å²) in [5, 5.41) is 1.14. The minimum Gasteiger partial charge on any atom is -0.255 e. The molecule has 0 radical (unpaired) electrons. The van der Waals surface area contributed by atoms with Gasteiger partial charge in [0.05, 0.1) is 5.52 Å². The molecular formula is C14H15N. The lowest BCUT2D eigenvalue weighted by Crippen LogP contribution is -1.80. The molecule has 0 N–H and O–H groups in total. The maximum atomic E-state index is 4.30. The number of hydrogen-bond donors (Lipinski definition) is 0. The molecule has 0 aliphatic rings. The van der Waals surface area contributed by atoms with Crippen LogP contribution in [0.1, 0.15) is 26.3 Å². The van der Waals surface area contributed by atoms with Crippen LogP contribution < -0.4 is 0 Å². The van der Waals surface area contributed by atoms with Crippen molar-refractivity contribution in [1.82, 2.24) is 4.98 Å². The Hall–Kier alpha value is -1.81. The van der Waals surface area contributed by atoms with Crippen molar-refractivity contribution in [2.75, 3.05) is 0 Å². The van der Waals surface area contributed by atoms with Gasteiger partial charge in [0, 0.05) is 17.1 Å². The smallest absolute Gasteiger partial charge is 0.0702 e. The third kappa shape index (κ3) is 2.82. The fourth-order valence-corrected chi connectivity index (χ4v) is 1.28. The summed E-state index contributed by atoms with van der Waals surface area (Å²) in [6, 6.07) is 10.1. The molecule has 0 saturated carbocycles. The Morgan fingerprint density at radius 1 is 1.13 bits per heavy atom. The normalized spacial score (nSPS) is 8.47. The second kappa shape index (κ2) is 5.82. The van der Waals surface area contributed by atoms with E-state index in [4.69, 9.17) is 0 Å². The lowest BCUT2D eigenvalue weighted by molar-refractivity contribution is 1.39. The quantitative estimate of drug-likeness (QED) is 0.588. The summed E-state index contributed by atoms with van der Waals surface area (Å²) in [6.07, 6.45) is 1.80. The van der Waals surface area contributed by atoms with E-state index in [0.717, 1.165) is 16.5 Å². The molecule has 0 amide bonds. The molecular weight excluding hydrogens is 182 g/mol. The number of rotatable bonds is 0. The maximum Gasteiger partial charge on any atom is 0.0702 e. The third-order valence-electron chi connectivity index (χ3n) is 1.86. The molecule has 1 heterocycles. The van der Waals surface area contributed by atoms with Crippen LogP contribution in [0.15, 0.2) is 36.5 Å². The summed E-state index contributed by atoms with van der Waals surface area (Å²) in [4.78, 5) is 4.30. The Kier molecular flexibility index (Phi) is 4.37. The van der Waals surface area contributed by atoms with E-state index in [2.05, 4.69) is 22.9 Å². The summed E-state index contributed by atoms with van der Waals surface area (Å²) in [6.45, 7) is 5.83. The molecule has 1 aromatic carbocycles. The van der Waals surface area contributed by atoms with Gasteiger partial charge < -0.3 is 0 Å². The number of hydrogen-bond acceptors (Lipinski definition) is 1. The first-order chi connectivity index (χ1) is 7.40. The number of fused-ring (bicyclic) bond motifs is 1. The Morgan fingerprint density at radius 2 is 1.87 bits per heavy atom. The van der Waals surface area contributed by atoms with Gasteiger partial charge in [-0.1, -0.05) is 38.0 Å². The highest BCUT2D eigenvalue weighted by Crippen LogP contribution is 2.11. The first-order valence-electron chi connectivity index (χ1n) is 5.18. The monoisotopic (exact) mass is 197 g/mol. The van der Waals surface area contributed by atoms with Gasteiger partial charge in [-0.15, -0.1) is 5.92 Å². The first-order valence-corrected chi connectivity index (χ1v) is 5.18. The van der Waals surface area contributed by atoms with E-state index >= 15 is 0 Å². The van der Waals surface area contributed by atoms with E-state index in [9.17, 15) is 0 Å². The molecule has 0 aliphatic heterocycles. The predicted molar refractivity (Wildman–Crippen MR) is 65.6 cm³/mol. The molecule has 2 rings (SSSR count). The van der Waals surface area contributed by atoms with Crippen molar-refractivity contribution >= 4 is 10.9 Å². The van der Waals surface area contributed by atoms with E-state index in [1.54, 1.807) is 6.20 Å². The van der Waals surface area contributed by atoms with Gasteiger partial charge in [-0.25, -0.2) is 0 Å². The Morgan fingerprint density at radius 3 is 2.60 bits per heavy atom. The largest absolute Gasteiger partial charge is 0.255 e. The van der Waals surface area contributed by atoms with E-state index in [-0.39, 0.29) is 0 Å². The van der Waals surface area contributed by atoms with Crippen molar-refractivity contribution < 1.29 is 0 Å². The highest BCUT2D eigenvalue weighted by atomic mass is 14.6. The van der Waals surface area contributed by atoms with E-state index in [1.165, 1.54) is 0 Å². The van der Waals surface area contributed by atoms with Gasteiger partial charge in [0.15, 0.2) is 0 Å². The number of aromatic nitrogens is 1. The van der Waals surface area contributed by atoms with Crippen LogP contribution in [0.25, 0.3) is 10.9 Å². The van der Waals surface area contributed by atoms with Crippen molar-refractivity contribution in [3.05, 3.63) is 42.1 Å². The molecule has 1 nitrogen and oxygen atoms in total. The van der Waals surface area contributed by atoms with Gasteiger partial charge in [-0.3, -0.25) is 4.98 Å². The number of para-hydroxylation sites is 1. The van der Waals surface area contributed by atoms with Crippen LogP contribution >= 0.6 is 0 Å². The molecule has 0 fully saturated rings. The van der Waals surface area contributed by atoms with Gasteiger partial charge in [-0.05, 0) is 19.1 Å². The number of nitrogens with zero attached hydrogens (tertiary/aromatic N) is 1. The van der Waals surface area contributed by atoms with Crippen LogP contribution in [0.5, 0.6) is 0 Å². The van der Waals surface area contributed by atoms with Crippen molar-refractivity contribution in [3.63, 3.8) is 0 Å². The fraction of sp³-hybridized carbons (Fsp3) is 0.214. The summed E-state index contributed by atoms with van der Waals surface area (Å²) < 4.78 is 0. The minimum absolute atomic E-state index is 0.973. The summed E-state index contributed by atoms with van der Waals surface area (Å²) in [5.74, 6) is 5.85. The van der Waals surface area contributed by atoms with Crippen molar-refractivity contribution in [1.29, 1.82) is 0 Å². The SMILES string of the molecule is CC.CC#Cc1cnc2ccccc2c1. The number of pyridine rings is 1. The van der Waals surface area contributed by atoms with Crippen molar-refractivity contribution in [2.45, 2.75) is 20.8 Å². The average Bonchev–Trinajstić information content (AvgIpc) is 2.32. The molecule has 1 heteroatoms. The lowest BCUT2D eigenvalue weighted by atomic mass is 10.2. The zero-order chi connectivity index (χ0) is 11.1. The van der Waals surface area contributed by atoms with Gasteiger partial charge in [-0.2, -0.15) is 0 Å². The second-order valence-electron chi connectivity index (χ2n) is 2.79. The van der Waals surface area contributed by atoms with Crippen LogP contribution in [0.4, 0.5) is 0 Å². The minimum atomic E-state index is 0.973. The molecule has 0 spiro atoms. The van der Waals surface area contributed by atoms with Crippen LogP contribution in [0.2, 0.25) is 0 Å². The predicted octanol–water partition coefficient (Wildman–Crippen LogP) is 3.63. The highest BCUT2D eigenvalue weighted by Gasteiger charge is 1.93. The molecule has 0 bridgehead atoms. The topological polar surface area (TPSA) is 12.9 Å². The van der Waals surface area contributed by atoms with E-state index in [1.807, 2.05) is 45.0 Å². The zero-order valence-corrected chi connectivity index (χ0v) is 9.41. The van der Waals surface area contributed by atoms with Crippen molar-refractivity contribution in [2.24, 2.45) is 0 Å². The van der Waals surface area contributed by atoms with E-state index in [0.29, 0.717) is 0 Å². The summed E-state index contributed by atoms with van der Waals surface area (Å²) in [5.41, 5.74) is 1.99. The van der Waals surface area contributed by atoms with Gasteiger partial charge in [0.2, 0.25) is 0 Å². The standard InChI is InChI=1S/C12H9N.C2H6/c1-2-5-10-8-11-6-3-4-7-12(11)13-9-10;1-2/h3-4,6-9H,1H3;1-2H3. The Labute approximate surface area is 91.2 Å². The van der Waals surface area contributed by atoms with E-state index < -0.39 is 0 Å². The van der Waals surface area contributed by atoms with Crippen molar-refractivity contribution in [3.8, 4) is 11.8 Å². The van der Waals surface area contributed by atoms with Gasteiger partial charge in [0.25, 0.3) is 0 Å². The number of benzene rings is 1. The summed E-state index contributed by atoms with van der Waals surface area (Å²) >= 11 is 0. The van der Waals surface area contributed by atoms with Crippen LogP contribution in [-0.2, 0) is 0 Å². The zero-order valence-electron chi connectivity index (χ0n) is 9.41. The summed E-state index contributed by atoms with van der Waals surface area (Å²) in [7, 11) is 0.